The number of benzene rings is 3. The van der Waals surface area contributed by atoms with Crippen LogP contribution < -0.4 is 9.80 Å². The summed E-state index contributed by atoms with van der Waals surface area (Å²) in [5.41, 5.74) is 2.79. The summed E-state index contributed by atoms with van der Waals surface area (Å²) in [6.07, 6.45) is 7.06. The number of hydrogen-bond acceptors (Lipinski definition) is 7. The topological polar surface area (TPSA) is 106 Å². The summed E-state index contributed by atoms with van der Waals surface area (Å²) in [5.74, 6) is 0.304. The van der Waals surface area contributed by atoms with Gasteiger partial charge in [-0.2, -0.15) is 0 Å². The van der Waals surface area contributed by atoms with E-state index in [4.69, 9.17) is 9.94 Å². The lowest BCUT2D eigenvalue weighted by molar-refractivity contribution is -0.119. The Bertz CT molecular complexity index is 1530. The number of amides is 3. The number of nitrogens with zero attached hydrogens (tertiary/aromatic N) is 5. The van der Waals surface area contributed by atoms with Gasteiger partial charge in [-0.3, -0.25) is 9.59 Å². The minimum Gasteiger partial charge on any atom is -0.444 e. The SMILES string of the molecule is C/C=N/O.CCC(=O)N(c1ccccc1)[C@H]1CCCN(C(=O)OC(C)(C)C)C1.CCC(=O)N(c1ccccc1)[C@H]1CCCN(CCc2ccccc2)C1. The molecule has 2 atom stereocenters. The average Bonchev–Trinajstić information content (AvgIpc) is 3.18. The molecule has 2 aliphatic rings. The van der Waals surface area contributed by atoms with E-state index in [0.717, 1.165) is 63.1 Å². The number of anilines is 2. The van der Waals surface area contributed by atoms with Gasteiger partial charge < -0.3 is 29.5 Å². The molecule has 288 valence electrons. The van der Waals surface area contributed by atoms with E-state index < -0.39 is 5.60 Å². The van der Waals surface area contributed by atoms with Gasteiger partial charge in [0, 0.05) is 62.7 Å². The molecule has 53 heavy (non-hydrogen) atoms. The molecule has 0 spiro atoms. The van der Waals surface area contributed by atoms with Gasteiger partial charge >= 0.3 is 6.09 Å². The van der Waals surface area contributed by atoms with Gasteiger partial charge in [0.05, 0.1) is 6.04 Å². The van der Waals surface area contributed by atoms with Crippen molar-refractivity contribution in [1.82, 2.24) is 9.80 Å². The Labute approximate surface area is 317 Å². The number of para-hydroxylation sites is 2. The van der Waals surface area contributed by atoms with Crippen molar-refractivity contribution in [3.63, 3.8) is 0 Å². The lowest BCUT2D eigenvalue weighted by Gasteiger charge is -2.39. The van der Waals surface area contributed by atoms with Gasteiger partial charge in [-0.15, -0.1) is 5.16 Å². The van der Waals surface area contributed by atoms with Gasteiger partial charge in [0.25, 0.3) is 0 Å². The summed E-state index contributed by atoms with van der Waals surface area (Å²) in [7, 11) is 0. The van der Waals surface area contributed by atoms with Crippen molar-refractivity contribution >= 4 is 35.5 Å². The molecule has 2 aliphatic heterocycles. The lowest BCUT2D eigenvalue weighted by Crippen LogP contribution is -2.52. The number of piperidine rings is 2. The molecule has 0 radical (unpaired) electrons. The van der Waals surface area contributed by atoms with Crippen molar-refractivity contribution < 1.29 is 24.3 Å². The molecule has 0 saturated carbocycles. The van der Waals surface area contributed by atoms with Crippen LogP contribution in [0.15, 0.2) is 96.2 Å². The number of hydrogen-bond donors (Lipinski definition) is 1. The summed E-state index contributed by atoms with van der Waals surface area (Å²) in [5, 5.41) is 10.1. The zero-order valence-corrected chi connectivity index (χ0v) is 32.7. The van der Waals surface area contributed by atoms with E-state index in [-0.39, 0.29) is 30.0 Å². The zero-order chi connectivity index (χ0) is 38.6. The zero-order valence-electron chi connectivity index (χ0n) is 32.7. The molecule has 10 nitrogen and oxygen atoms in total. The normalized spacial score (nSPS) is 17.4. The van der Waals surface area contributed by atoms with Crippen LogP contribution in [0.2, 0.25) is 0 Å². The Balaban J connectivity index is 0.000000260. The molecule has 1 N–H and O–H groups in total. The second kappa shape index (κ2) is 22.4. The number of rotatable bonds is 9. The number of oxime groups is 1. The second-order valence-corrected chi connectivity index (χ2v) is 14.3. The van der Waals surface area contributed by atoms with E-state index in [1.165, 1.54) is 11.8 Å². The van der Waals surface area contributed by atoms with Gasteiger partial charge in [0.2, 0.25) is 11.8 Å². The highest BCUT2D eigenvalue weighted by Gasteiger charge is 2.33. The Hall–Kier alpha value is -4.70. The fraction of sp³-hybridized carbons (Fsp3) is 0.488. The molecule has 2 fully saturated rings. The van der Waals surface area contributed by atoms with E-state index in [9.17, 15) is 14.4 Å². The number of carbonyl (C=O) groups is 3. The number of likely N-dealkylation sites (tertiary alicyclic amines) is 2. The van der Waals surface area contributed by atoms with E-state index in [2.05, 4.69) is 52.5 Å². The highest BCUT2D eigenvalue weighted by molar-refractivity contribution is 5.94. The van der Waals surface area contributed by atoms with E-state index in [1.807, 2.05) is 92.9 Å². The highest BCUT2D eigenvalue weighted by Crippen LogP contribution is 2.26. The molecule has 3 aromatic carbocycles. The molecule has 3 amide bonds. The standard InChI is InChI=1S/C22H28N2O.C19H28N2O3.C2H5NO/c1-2-22(25)24(20-12-7-4-8-13-20)21-14-9-16-23(18-21)17-15-19-10-5-3-6-11-19;1-5-17(22)21(15-10-7-6-8-11-15)16-12-9-13-20(14-16)18(23)24-19(2,3)4;1-2-3-4/h3-8,10-13,21H,2,9,14-18H2,1H3;6-8,10-11,16H,5,9,12-14H2,1-4H3;2,4H,1H3/b;;3-2+/t21-;16-;/m00./s1. The van der Waals surface area contributed by atoms with Crippen molar-refractivity contribution in [2.24, 2.45) is 5.16 Å². The molecule has 0 unspecified atom stereocenters. The largest absolute Gasteiger partial charge is 0.444 e. The summed E-state index contributed by atoms with van der Waals surface area (Å²) in [6, 6.07) is 30.7. The van der Waals surface area contributed by atoms with Gasteiger partial charge in [-0.05, 0) is 96.2 Å². The Kier molecular flexibility index (Phi) is 18.0. The monoisotopic (exact) mass is 727 g/mol. The first kappa shape index (κ1) is 42.7. The fourth-order valence-electron chi connectivity index (χ4n) is 6.67. The molecule has 2 heterocycles. The Morgan fingerprint density at radius 3 is 1.68 bits per heavy atom. The van der Waals surface area contributed by atoms with Crippen LogP contribution in [0.5, 0.6) is 0 Å². The van der Waals surface area contributed by atoms with Crippen molar-refractivity contribution in [3.05, 3.63) is 96.6 Å². The third kappa shape index (κ3) is 14.3. The van der Waals surface area contributed by atoms with Crippen molar-refractivity contribution in [3.8, 4) is 0 Å². The molecule has 0 aromatic heterocycles. The first-order valence-electron chi connectivity index (χ1n) is 19.1. The quantitative estimate of drug-likeness (QED) is 0.135. The molecule has 2 saturated heterocycles. The molecular weight excluding hydrogens is 667 g/mol. The van der Waals surface area contributed by atoms with Crippen LogP contribution in [0, 0.1) is 0 Å². The third-order valence-electron chi connectivity index (χ3n) is 9.15. The smallest absolute Gasteiger partial charge is 0.410 e. The third-order valence-corrected chi connectivity index (χ3v) is 9.15. The van der Waals surface area contributed by atoms with Gasteiger partial charge in [-0.25, -0.2) is 4.79 Å². The predicted molar refractivity (Wildman–Crippen MR) is 215 cm³/mol. The summed E-state index contributed by atoms with van der Waals surface area (Å²) in [4.78, 5) is 45.6. The number of carbonyl (C=O) groups excluding carboxylic acids is 3. The van der Waals surface area contributed by atoms with E-state index in [1.54, 1.807) is 11.8 Å². The minimum absolute atomic E-state index is 0.0129. The Morgan fingerprint density at radius 2 is 1.23 bits per heavy atom. The fourth-order valence-corrected chi connectivity index (χ4v) is 6.67. The summed E-state index contributed by atoms with van der Waals surface area (Å²) in [6.45, 7) is 15.4. The first-order valence-corrected chi connectivity index (χ1v) is 19.1. The maximum Gasteiger partial charge on any atom is 0.410 e. The van der Waals surface area contributed by atoms with Gasteiger partial charge in [-0.1, -0.05) is 80.6 Å². The van der Waals surface area contributed by atoms with Crippen LogP contribution in [0.25, 0.3) is 0 Å². The molecule has 0 bridgehead atoms. The average molecular weight is 728 g/mol. The summed E-state index contributed by atoms with van der Waals surface area (Å²) < 4.78 is 5.48. The molecule has 10 heteroatoms. The van der Waals surface area contributed by atoms with Crippen molar-refractivity contribution in [2.45, 2.75) is 104 Å². The Morgan fingerprint density at radius 1 is 0.774 bits per heavy atom. The van der Waals surface area contributed by atoms with Crippen LogP contribution in [0.1, 0.15) is 85.6 Å². The minimum atomic E-state index is -0.512. The molecule has 5 rings (SSSR count). The molecule has 0 aliphatic carbocycles. The van der Waals surface area contributed by atoms with E-state index in [0.29, 0.717) is 25.9 Å². The van der Waals surface area contributed by atoms with Crippen molar-refractivity contribution in [1.29, 1.82) is 0 Å². The van der Waals surface area contributed by atoms with Gasteiger partial charge in [0.15, 0.2) is 0 Å². The molecular formula is C43H61N5O5. The lowest BCUT2D eigenvalue weighted by atomic mass is 10.0. The summed E-state index contributed by atoms with van der Waals surface area (Å²) >= 11 is 0. The highest BCUT2D eigenvalue weighted by atomic mass is 16.6. The van der Waals surface area contributed by atoms with Crippen LogP contribution in [-0.4, -0.2) is 89.5 Å². The predicted octanol–water partition coefficient (Wildman–Crippen LogP) is 8.43. The first-order chi connectivity index (χ1) is 25.5. The molecule has 3 aromatic rings. The van der Waals surface area contributed by atoms with Crippen molar-refractivity contribution in [2.75, 3.05) is 42.5 Å². The maximum absolute atomic E-state index is 12.6. The van der Waals surface area contributed by atoms with E-state index >= 15 is 0 Å². The van der Waals surface area contributed by atoms with Crippen LogP contribution >= 0.6 is 0 Å². The van der Waals surface area contributed by atoms with Crippen LogP contribution in [0.4, 0.5) is 16.2 Å². The maximum atomic E-state index is 12.6. The number of ether oxygens (including phenoxy) is 1. The van der Waals surface area contributed by atoms with Crippen LogP contribution in [0.3, 0.4) is 0 Å². The van der Waals surface area contributed by atoms with Gasteiger partial charge in [0.1, 0.15) is 5.60 Å². The second-order valence-electron chi connectivity index (χ2n) is 14.3. The van der Waals surface area contributed by atoms with Crippen LogP contribution in [-0.2, 0) is 20.7 Å².